The molecule has 2 rings (SSSR count). The molecule has 1 aliphatic rings. The number of rotatable bonds is 2. The van der Waals surface area contributed by atoms with Crippen molar-refractivity contribution in [3.05, 3.63) is 35.4 Å². The fourth-order valence-corrected chi connectivity index (χ4v) is 1.95. The minimum Gasteiger partial charge on any atom is -0.316 e. The summed E-state index contributed by atoms with van der Waals surface area (Å²) in [6, 6.07) is 8.93. The molecule has 1 nitrogen and oxygen atoms in total. The standard InChI is InChI=1S/C12H17N.ClH/c1-10-2-4-11(5-3-10)8-12-6-7-13-9-12;/h2-5,12-13H,6-9H2,1H3;1H. The molecule has 78 valence electrons. The number of benzene rings is 1. The van der Waals surface area contributed by atoms with Gasteiger partial charge in [0.05, 0.1) is 0 Å². The van der Waals surface area contributed by atoms with Crippen LogP contribution in [-0.4, -0.2) is 13.1 Å². The van der Waals surface area contributed by atoms with Gasteiger partial charge in [-0.1, -0.05) is 29.8 Å². The van der Waals surface area contributed by atoms with E-state index in [2.05, 4.69) is 36.5 Å². The Bertz CT molecular complexity index is 262. The van der Waals surface area contributed by atoms with Crippen LogP contribution in [0.15, 0.2) is 24.3 Å². The molecule has 2 heteroatoms. The summed E-state index contributed by atoms with van der Waals surface area (Å²) >= 11 is 0. The zero-order valence-corrected chi connectivity index (χ0v) is 9.44. The molecule has 0 aromatic heterocycles. The van der Waals surface area contributed by atoms with Gasteiger partial charge in [-0.3, -0.25) is 0 Å². The molecule has 1 aromatic carbocycles. The zero-order valence-electron chi connectivity index (χ0n) is 8.62. The quantitative estimate of drug-likeness (QED) is 0.793. The van der Waals surface area contributed by atoms with Crippen molar-refractivity contribution < 1.29 is 0 Å². The van der Waals surface area contributed by atoms with E-state index in [1.165, 1.54) is 37.1 Å². The van der Waals surface area contributed by atoms with E-state index < -0.39 is 0 Å². The molecule has 0 radical (unpaired) electrons. The molecule has 0 aliphatic carbocycles. The molecule has 1 saturated heterocycles. The molecule has 1 unspecified atom stereocenters. The summed E-state index contributed by atoms with van der Waals surface area (Å²) in [5.41, 5.74) is 2.84. The van der Waals surface area contributed by atoms with Crippen molar-refractivity contribution in [2.75, 3.05) is 13.1 Å². The molecular formula is C12H18ClN. The van der Waals surface area contributed by atoms with Crippen molar-refractivity contribution >= 4 is 12.4 Å². The molecule has 14 heavy (non-hydrogen) atoms. The van der Waals surface area contributed by atoms with Crippen molar-refractivity contribution in [2.24, 2.45) is 5.92 Å². The monoisotopic (exact) mass is 211 g/mol. The van der Waals surface area contributed by atoms with E-state index in [0.717, 1.165) is 5.92 Å². The number of halogens is 1. The Morgan fingerprint density at radius 3 is 2.57 bits per heavy atom. The lowest BCUT2D eigenvalue weighted by atomic mass is 9.98. The van der Waals surface area contributed by atoms with Gasteiger partial charge in [0.2, 0.25) is 0 Å². The van der Waals surface area contributed by atoms with Crippen LogP contribution in [0.4, 0.5) is 0 Å². The third kappa shape index (κ3) is 3.00. The fourth-order valence-electron chi connectivity index (χ4n) is 1.95. The van der Waals surface area contributed by atoms with Gasteiger partial charge < -0.3 is 5.32 Å². The van der Waals surface area contributed by atoms with E-state index >= 15 is 0 Å². The molecule has 1 heterocycles. The molecule has 1 fully saturated rings. The number of hydrogen-bond donors (Lipinski definition) is 1. The lowest BCUT2D eigenvalue weighted by molar-refractivity contribution is 0.580. The molecule has 1 aliphatic heterocycles. The maximum absolute atomic E-state index is 3.40. The van der Waals surface area contributed by atoms with Gasteiger partial charge in [-0.05, 0) is 44.3 Å². The van der Waals surface area contributed by atoms with Gasteiger partial charge in [-0.2, -0.15) is 0 Å². The van der Waals surface area contributed by atoms with Crippen molar-refractivity contribution in [2.45, 2.75) is 19.8 Å². The second-order valence-electron chi connectivity index (χ2n) is 4.05. The maximum Gasteiger partial charge on any atom is -0.00169 e. The van der Waals surface area contributed by atoms with Crippen LogP contribution >= 0.6 is 12.4 Å². The van der Waals surface area contributed by atoms with Gasteiger partial charge in [-0.15, -0.1) is 12.4 Å². The van der Waals surface area contributed by atoms with E-state index in [-0.39, 0.29) is 12.4 Å². The first kappa shape index (κ1) is 11.5. The van der Waals surface area contributed by atoms with E-state index in [0.29, 0.717) is 0 Å². The average molecular weight is 212 g/mol. The summed E-state index contributed by atoms with van der Waals surface area (Å²) in [7, 11) is 0. The van der Waals surface area contributed by atoms with E-state index in [4.69, 9.17) is 0 Å². The Labute approximate surface area is 92.3 Å². The molecule has 1 atom stereocenters. The first-order valence-electron chi connectivity index (χ1n) is 5.11. The Kier molecular flexibility index (Phi) is 4.43. The SMILES string of the molecule is Cc1ccc(CC2CCNC2)cc1.Cl. The third-order valence-electron chi connectivity index (χ3n) is 2.81. The highest BCUT2D eigenvalue weighted by molar-refractivity contribution is 5.85. The molecular weight excluding hydrogens is 194 g/mol. The highest BCUT2D eigenvalue weighted by Crippen LogP contribution is 2.15. The van der Waals surface area contributed by atoms with Gasteiger partial charge in [-0.25, -0.2) is 0 Å². The molecule has 0 amide bonds. The van der Waals surface area contributed by atoms with Crippen LogP contribution in [0.25, 0.3) is 0 Å². The number of hydrogen-bond acceptors (Lipinski definition) is 1. The highest BCUT2D eigenvalue weighted by atomic mass is 35.5. The zero-order chi connectivity index (χ0) is 9.10. The summed E-state index contributed by atoms with van der Waals surface area (Å²) in [6.07, 6.45) is 2.58. The van der Waals surface area contributed by atoms with E-state index in [1.54, 1.807) is 0 Å². The summed E-state index contributed by atoms with van der Waals surface area (Å²) < 4.78 is 0. The minimum atomic E-state index is 0. The van der Waals surface area contributed by atoms with Crippen LogP contribution in [0.2, 0.25) is 0 Å². The molecule has 0 saturated carbocycles. The van der Waals surface area contributed by atoms with Gasteiger partial charge in [0.25, 0.3) is 0 Å². The van der Waals surface area contributed by atoms with E-state index in [9.17, 15) is 0 Å². The van der Waals surface area contributed by atoms with Crippen LogP contribution in [0, 0.1) is 12.8 Å². The fraction of sp³-hybridized carbons (Fsp3) is 0.500. The molecule has 1 N–H and O–H groups in total. The largest absolute Gasteiger partial charge is 0.316 e. The summed E-state index contributed by atoms with van der Waals surface area (Å²) in [5, 5.41) is 3.40. The van der Waals surface area contributed by atoms with Crippen molar-refractivity contribution in [1.82, 2.24) is 5.32 Å². The van der Waals surface area contributed by atoms with Gasteiger partial charge >= 0.3 is 0 Å². The van der Waals surface area contributed by atoms with Crippen LogP contribution < -0.4 is 5.32 Å². The minimum absolute atomic E-state index is 0. The van der Waals surface area contributed by atoms with Crippen LogP contribution in [0.5, 0.6) is 0 Å². The average Bonchev–Trinajstić information content (AvgIpc) is 2.62. The van der Waals surface area contributed by atoms with Gasteiger partial charge in [0.15, 0.2) is 0 Å². The smallest absolute Gasteiger partial charge is 0.00169 e. The van der Waals surface area contributed by atoms with Crippen molar-refractivity contribution in [3.8, 4) is 0 Å². The topological polar surface area (TPSA) is 12.0 Å². The van der Waals surface area contributed by atoms with Crippen LogP contribution in [0.1, 0.15) is 17.5 Å². The Hall–Kier alpha value is -0.530. The molecule has 0 bridgehead atoms. The van der Waals surface area contributed by atoms with Gasteiger partial charge in [0, 0.05) is 0 Å². The van der Waals surface area contributed by atoms with Crippen molar-refractivity contribution in [1.29, 1.82) is 0 Å². The Morgan fingerprint density at radius 2 is 2.00 bits per heavy atom. The second-order valence-corrected chi connectivity index (χ2v) is 4.05. The maximum atomic E-state index is 3.40. The summed E-state index contributed by atoms with van der Waals surface area (Å²) in [4.78, 5) is 0. The van der Waals surface area contributed by atoms with Crippen molar-refractivity contribution in [3.63, 3.8) is 0 Å². The van der Waals surface area contributed by atoms with E-state index in [1.807, 2.05) is 0 Å². The number of nitrogens with one attached hydrogen (secondary N) is 1. The summed E-state index contributed by atoms with van der Waals surface area (Å²) in [5.74, 6) is 0.864. The number of aryl methyl sites for hydroxylation is 1. The second kappa shape index (κ2) is 5.38. The first-order valence-corrected chi connectivity index (χ1v) is 5.11. The van der Waals surface area contributed by atoms with Crippen LogP contribution in [0.3, 0.4) is 0 Å². The normalized spacial score (nSPS) is 20.5. The summed E-state index contributed by atoms with van der Waals surface area (Å²) in [6.45, 7) is 4.55. The third-order valence-corrected chi connectivity index (χ3v) is 2.81. The molecule has 0 spiro atoms. The van der Waals surface area contributed by atoms with Crippen LogP contribution in [-0.2, 0) is 6.42 Å². The Balaban J connectivity index is 0.000000980. The van der Waals surface area contributed by atoms with Gasteiger partial charge in [0.1, 0.15) is 0 Å². The first-order chi connectivity index (χ1) is 6.34. The molecule has 1 aromatic rings. The highest BCUT2D eigenvalue weighted by Gasteiger charge is 2.14. The predicted octanol–water partition coefficient (Wildman–Crippen LogP) is 2.57. The lowest BCUT2D eigenvalue weighted by Crippen LogP contribution is -2.10. The predicted molar refractivity (Wildman–Crippen MR) is 63.1 cm³/mol. The lowest BCUT2D eigenvalue weighted by Gasteiger charge is -2.07. The Morgan fingerprint density at radius 1 is 1.29 bits per heavy atom.